The molecule has 2 aromatic carbocycles. The minimum absolute atomic E-state index is 0.00255. The van der Waals surface area contributed by atoms with E-state index in [0.717, 1.165) is 0 Å². The van der Waals surface area contributed by atoms with Crippen molar-refractivity contribution < 1.29 is 23.9 Å². The van der Waals surface area contributed by atoms with E-state index >= 15 is 0 Å². The highest BCUT2D eigenvalue weighted by Crippen LogP contribution is 2.39. The first-order valence-electron chi connectivity index (χ1n) is 8.02. The molecule has 0 aliphatic carbocycles. The Bertz CT molecular complexity index is 965. The number of nitrogens with zero attached hydrogens (tertiary/aromatic N) is 1. The zero-order valence-electron chi connectivity index (χ0n) is 14.1. The van der Waals surface area contributed by atoms with Gasteiger partial charge in [0.2, 0.25) is 6.79 Å². The van der Waals surface area contributed by atoms with Crippen LogP contribution in [0.2, 0.25) is 5.02 Å². The maximum atomic E-state index is 12.8. The van der Waals surface area contributed by atoms with Gasteiger partial charge in [0.05, 0.1) is 5.02 Å². The van der Waals surface area contributed by atoms with Crippen molar-refractivity contribution >= 4 is 29.4 Å². The van der Waals surface area contributed by atoms with Crippen LogP contribution >= 0.6 is 11.6 Å². The van der Waals surface area contributed by atoms with E-state index in [9.17, 15) is 14.4 Å². The molecule has 27 heavy (non-hydrogen) atoms. The molecule has 1 unspecified atom stereocenters. The average Bonchev–Trinajstić information content (AvgIpc) is 3.22. The predicted octanol–water partition coefficient (Wildman–Crippen LogP) is 2.18. The Morgan fingerprint density at radius 3 is 2.70 bits per heavy atom. The molecule has 0 spiro atoms. The van der Waals surface area contributed by atoms with Crippen LogP contribution in [0.1, 0.15) is 22.8 Å². The van der Waals surface area contributed by atoms with Crippen molar-refractivity contribution in [3.8, 4) is 11.5 Å². The smallest absolute Gasteiger partial charge is 0.344 e. The Hall–Kier alpha value is -3.26. The van der Waals surface area contributed by atoms with Gasteiger partial charge in [-0.15, -0.1) is 0 Å². The number of amides is 4. The minimum atomic E-state index is -1.28. The van der Waals surface area contributed by atoms with Gasteiger partial charge in [0.1, 0.15) is 5.54 Å². The second-order valence-corrected chi connectivity index (χ2v) is 6.60. The van der Waals surface area contributed by atoms with Crippen LogP contribution in [0.3, 0.4) is 0 Å². The topological polar surface area (TPSA) is 97.0 Å². The van der Waals surface area contributed by atoms with Crippen molar-refractivity contribution in [3.63, 3.8) is 0 Å². The maximum Gasteiger partial charge on any atom is 0.344 e. The molecule has 2 aliphatic rings. The molecule has 138 valence electrons. The zero-order chi connectivity index (χ0) is 19.2. The zero-order valence-corrected chi connectivity index (χ0v) is 14.9. The molecule has 2 N–H and O–H groups in total. The highest BCUT2D eigenvalue weighted by molar-refractivity contribution is 6.32. The molecule has 9 heteroatoms. The van der Waals surface area contributed by atoms with E-state index in [-0.39, 0.29) is 17.4 Å². The number of urea groups is 1. The largest absolute Gasteiger partial charge is 0.454 e. The first-order chi connectivity index (χ1) is 12.9. The summed E-state index contributed by atoms with van der Waals surface area (Å²) in [7, 11) is 0. The summed E-state index contributed by atoms with van der Waals surface area (Å²) in [5.74, 6) is -0.617. The third kappa shape index (κ3) is 2.74. The van der Waals surface area contributed by atoms with Crippen LogP contribution in [0.15, 0.2) is 42.5 Å². The normalized spacial score (nSPS) is 20.6. The summed E-state index contributed by atoms with van der Waals surface area (Å²) < 4.78 is 10.4. The molecule has 2 aromatic rings. The molecule has 4 amide bonds. The monoisotopic (exact) mass is 387 g/mol. The van der Waals surface area contributed by atoms with Crippen LogP contribution in [0.4, 0.5) is 4.79 Å². The van der Waals surface area contributed by atoms with E-state index < -0.39 is 23.4 Å². The highest BCUT2D eigenvalue weighted by Gasteiger charge is 2.50. The van der Waals surface area contributed by atoms with Crippen molar-refractivity contribution in [1.82, 2.24) is 15.8 Å². The molecule has 4 rings (SSSR count). The molecule has 0 radical (unpaired) electrons. The van der Waals surface area contributed by atoms with E-state index in [1.54, 1.807) is 37.3 Å². The average molecular weight is 388 g/mol. The third-order valence-corrected chi connectivity index (χ3v) is 4.73. The van der Waals surface area contributed by atoms with E-state index in [2.05, 4.69) is 10.7 Å². The van der Waals surface area contributed by atoms with E-state index in [4.69, 9.17) is 21.1 Å². The number of hydrogen-bond acceptors (Lipinski definition) is 5. The number of hydrogen-bond donors (Lipinski definition) is 2. The summed E-state index contributed by atoms with van der Waals surface area (Å²) in [5, 5.41) is 3.46. The van der Waals surface area contributed by atoms with Crippen molar-refractivity contribution in [2.24, 2.45) is 0 Å². The number of fused-ring (bicyclic) bond motifs is 1. The van der Waals surface area contributed by atoms with Crippen molar-refractivity contribution in [2.45, 2.75) is 12.5 Å². The summed E-state index contributed by atoms with van der Waals surface area (Å²) in [4.78, 5) is 37.7. The lowest BCUT2D eigenvalue weighted by Gasteiger charge is -2.22. The predicted molar refractivity (Wildman–Crippen MR) is 94.2 cm³/mol. The fourth-order valence-corrected chi connectivity index (χ4v) is 3.24. The number of rotatable bonds is 3. The lowest BCUT2D eigenvalue weighted by atomic mass is 9.92. The summed E-state index contributed by atoms with van der Waals surface area (Å²) in [6, 6.07) is 10.8. The number of hydrazine groups is 1. The molecule has 0 bridgehead atoms. The number of benzene rings is 2. The van der Waals surface area contributed by atoms with Crippen molar-refractivity contribution in [2.75, 3.05) is 6.79 Å². The molecular formula is C18H14ClN3O5. The number of nitrogens with one attached hydrogen (secondary N) is 2. The minimum Gasteiger partial charge on any atom is -0.454 e. The van der Waals surface area contributed by atoms with E-state index in [1.807, 2.05) is 0 Å². The number of imide groups is 1. The second-order valence-electron chi connectivity index (χ2n) is 6.19. The van der Waals surface area contributed by atoms with Gasteiger partial charge < -0.3 is 14.8 Å². The van der Waals surface area contributed by atoms with Gasteiger partial charge in [-0.2, -0.15) is 5.01 Å². The highest BCUT2D eigenvalue weighted by atomic mass is 35.5. The van der Waals surface area contributed by atoms with Gasteiger partial charge in [0.25, 0.3) is 11.8 Å². The molecule has 1 saturated heterocycles. The Labute approximate surface area is 159 Å². The first kappa shape index (κ1) is 17.2. The van der Waals surface area contributed by atoms with Crippen LogP contribution in [0.25, 0.3) is 0 Å². The third-order valence-electron chi connectivity index (χ3n) is 4.44. The van der Waals surface area contributed by atoms with Crippen molar-refractivity contribution in [3.05, 3.63) is 58.6 Å². The Morgan fingerprint density at radius 1 is 1.22 bits per heavy atom. The van der Waals surface area contributed by atoms with Crippen LogP contribution in [-0.4, -0.2) is 29.6 Å². The van der Waals surface area contributed by atoms with E-state index in [1.165, 1.54) is 12.1 Å². The first-order valence-corrected chi connectivity index (χ1v) is 8.40. The van der Waals surface area contributed by atoms with Crippen molar-refractivity contribution in [1.29, 1.82) is 0 Å². The molecular weight excluding hydrogens is 374 g/mol. The summed E-state index contributed by atoms with van der Waals surface area (Å²) in [6.45, 7) is 1.58. The van der Waals surface area contributed by atoms with Gasteiger partial charge in [0.15, 0.2) is 11.5 Å². The standard InChI is InChI=1S/C18H14ClN3O5/c1-18(11-5-3-2-4-6-11)16(24)22(17(25)20-18)21-15(23)10-7-12(19)14-13(8-10)26-9-27-14/h2-8H,9H2,1H3,(H,20,25)(H,21,23). The maximum absolute atomic E-state index is 12.8. The molecule has 8 nitrogen and oxygen atoms in total. The summed E-state index contributed by atoms with van der Waals surface area (Å²) >= 11 is 6.07. The number of halogens is 1. The van der Waals surface area contributed by atoms with Gasteiger partial charge in [0, 0.05) is 5.56 Å². The Morgan fingerprint density at radius 2 is 1.96 bits per heavy atom. The lowest BCUT2D eigenvalue weighted by Crippen LogP contribution is -2.47. The van der Waals surface area contributed by atoms with Crippen LogP contribution in [0.5, 0.6) is 11.5 Å². The molecule has 0 saturated carbocycles. The molecule has 2 aliphatic heterocycles. The van der Waals surface area contributed by atoms with Crippen LogP contribution in [-0.2, 0) is 10.3 Å². The quantitative estimate of drug-likeness (QED) is 0.787. The lowest BCUT2D eigenvalue weighted by molar-refractivity contribution is -0.132. The second kappa shape index (κ2) is 6.17. The van der Waals surface area contributed by atoms with Gasteiger partial charge >= 0.3 is 6.03 Å². The SMILES string of the molecule is CC1(c2ccccc2)NC(=O)N(NC(=O)c2cc(Cl)c3c(c2)OCO3)C1=O. The summed E-state index contributed by atoms with van der Waals surface area (Å²) in [6.07, 6.45) is 0. The van der Waals surface area contributed by atoms with Gasteiger partial charge in [-0.3, -0.25) is 15.0 Å². The number of ether oxygens (including phenoxy) is 2. The van der Waals surface area contributed by atoms with E-state index in [0.29, 0.717) is 22.1 Å². The fourth-order valence-electron chi connectivity index (χ4n) is 2.97. The molecule has 2 heterocycles. The van der Waals surface area contributed by atoms with Gasteiger partial charge in [-0.1, -0.05) is 41.9 Å². The van der Waals surface area contributed by atoms with Gasteiger partial charge in [-0.25, -0.2) is 4.79 Å². The fraction of sp³-hybridized carbons (Fsp3) is 0.167. The van der Waals surface area contributed by atoms with Gasteiger partial charge in [-0.05, 0) is 24.6 Å². The molecule has 0 aromatic heterocycles. The summed E-state index contributed by atoms with van der Waals surface area (Å²) in [5.41, 5.74) is 1.76. The Balaban J connectivity index is 1.58. The Kier molecular flexibility index (Phi) is 3.92. The number of carbonyl (C=O) groups excluding carboxylic acids is 3. The molecule has 1 atom stereocenters. The molecule has 1 fully saturated rings. The number of carbonyl (C=O) groups is 3. The van der Waals surface area contributed by atoms with Crippen LogP contribution < -0.4 is 20.2 Å². The van der Waals surface area contributed by atoms with Crippen LogP contribution in [0, 0.1) is 0 Å².